The lowest BCUT2D eigenvalue weighted by Gasteiger charge is -2.35. The highest BCUT2D eigenvalue weighted by Crippen LogP contribution is 2.29. The number of aromatic nitrogens is 2. The van der Waals surface area contributed by atoms with Crippen LogP contribution in [0, 0.1) is 0 Å². The first kappa shape index (κ1) is 13.1. The first-order valence-electron chi connectivity index (χ1n) is 7.28. The van der Waals surface area contributed by atoms with E-state index >= 15 is 0 Å². The van der Waals surface area contributed by atoms with Crippen LogP contribution < -0.4 is 5.32 Å². The summed E-state index contributed by atoms with van der Waals surface area (Å²) >= 11 is 6.14. The number of hydrogen-bond acceptors (Lipinski definition) is 4. The van der Waals surface area contributed by atoms with Crippen molar-refractivity contribution in [2.45, 2.75) is 51.1 Å². The van der Waals surface area contributed by atoms with Gasteiger partial charge < -0.3 is 10.2 Å². The molecule has 19 heavy (non-hydrogen) atoms. The van der Waals surface area contributed by atoms with Gasteiger partial charge in [0.2, 0.25) is 0 Å². The number of piperidine rings is 1. The predicted molar refractivity (Wildman–Crippen MR) is 77.7 cm³/mol. The molecular weight excluding hydrogens is 260 g/mol. The van der Waals surface area contributed by atoms with Gasteiger partial charge in [-0.15, -0.1) is 0 Å². The van der Waals surface area contributed by atoms with E-state index in [1.54, 1.807) is 6.33 Å². The average Bonchev–Trinajstić information content (AvgIpc) is 2.86. The Bertz CT molecular complexity index is 451. The summed E-state index contributed by atoms with van der Waals surface area (Å²) in [5.74, 6) is 0.930. The van der Waals surface area contributed by atoms with Crippen molar-refractivity contribution in [3.8, 4) is 0 Å². The molecule has 1 N–H and O–H groups in total. The van der Waals surface area contributed by atoms with E-state index in [0.717, 1.165) is 23.8 Å². The van der Waals surface area contributed by atoms with Crippen LogP contribution in [0.4, 0.5) is 5.82 Å². The second kappa shape index (κ2) is 5.63. The Kier molecular flexibility index (Phi) is 3.89. The lowest BCUT2D eigenvalue weighted by molar-refractivity contribution is 0.188. The molecule has 2 aliphatic rings. The van der Waals surface area contributed by atoms with E-state index in [2.05, 4.69) is 27.1 Å². The molecule has 3 heterocycles. The first-order chi connectivity index (χ1) is 9.28. The van der Waals surface area contributed by atoms with E-state index in [1.165, 1.54) is 38.8 Å². The SMILES string of the molecule is CCc1c(Cl)ncnc1NC1CCN2CCCC2C1. The fourth-order valence-electron chi connectivity index (χ4n) is 3.38. The second-order valence-electron chi connectivity index (χ2n) is 5.54. The van der Waals surface area contributed by atoms with Crippen LogP contribution in [0.25, 0.3) is 0 Å². The topological polar surface area (TPSA) is 41.1 Å². The van der Waals surface area contributed by atoms with Crippen molar-refractivity contribution in [3.05, 3.63) is 17.0 Å². The van der Waals surface area contributed by atoms with E-state index in [4.69, 9.17) is 11.6 Å². The molecular formula is C14H21ClN4. The van der Waals surface area contributed by atoms with Gasteiger partial charge in [-0.05, 0) is 38.6 Å². The van der Waals surface area contributed by atoms with Crippen molar-refractivity contribution >= 4 is 17.4 Å². The third kappa shape index (κ3) is 2.70. The average molecular weight is 281 g/mol. The molecule has 0 amide bonds. The molecule has 104 valence electrons. The maximum Gasteiger partial charge on any atom is 0.137 e. The van der Waals surface area contributed by atoms with E-state index in [9.17, 15) is 0 Å². The van der Waals surface area contributed by atoms with Gasteiger partial charge in [0, 0.05) is 24.2 Å². The molecule has 3 rings (SSSR count). The summed E-state index contributed by atoms with van der Waals surface area (Å²) in [4.78, 5) is 11.1. The molecule has 2 fully saturated rings. The minimum absolute atomic E-state index is 0.524. The Morgan fingerprint density at radius 3 is 3.11 bits per heavy atom. The maximum atomic E-state index is 6.14. The lowest BCUT2D eigenvalue weighted by Crippen LogP contribution is -2.43. The first-order valence-corrected chi connectivity index (χ1v) is 7.65. The molecule has 2 unspecified atom stereocenters. The minimum atomic E-state index is 0.524. The number of fused-ring (bicyclic) bond motifs is 1. The van der Waals surface area contributed by atoms with E-state index in [0.29, 0.717) is 11.2 Å². The summed E-state index contributed by atoms with van der Waals surface area (Å²) in [6.07, 6.45) is 7.55. The lowest BCUT2D eigenvalue weighted by atomic mass is 9.97. The number of rotatable bonds is 3. The predicted octanol–water partition coefficient (Wildman–Crippen LogP) is 2.73. The van der Waals surface area contributed by atoms with Crippen LogP contribution in [-0.2, 0) is 6.42 Å². The Labute approximate surface area is 119 Å². The van der Waals surface area contributed by atoms with Crippen LogP contribution in [0.5, 0.6) is 0 Å². The Morgan fingerprint density at radius 1 is 1.37 bits per heavy atom. The monoisotopic (exact) mass is 280 g/mol. The largest absolute Gasteiger partial charge is 0.367 e. The molecule has 0 saturated carbocycles. The molecule has 4 nitrogen and oxygen atoms in total. The zero-order valence-corrected chi connectivity index (χ0v) is 12.2. The zero-order valence-electron chi connectivity index (χ0n) is 11.4. The maximum absolute atomic E-state index is 6.14. The Morgan fingerprint density at radius 2 is 2.26 bits per heavy atom. The van der Waals surface area contributed by atoms with Crippen molar-refractivity contribution in [3.63, 3.8) is 0 Å². The van der Waals surface area contributed by atoms with Crippen LogP contribution in [0.2, 0.25) is 5.15 Å². The molecule has 2 atom stereocenters. The van der Waals surface area contributed by atoms with Crippen molar-refractivity contribution in [1.82, 2.24) is 14.9 Å². The zero-order chi connectivity index (χ0) is 13.2. The van der Waals surface area contributed by atoms with Crippen molar-refractivity contribution < 1.29 is 0 Å². The van der Waals surface area contributed by atoms with Gasteiger partial charge in [-0.3, -0.25) is 0 Å². The van der Waals surface area contributed by atoms with Gasteiger partial charge in [-0.25, -0.2) is 9.97 Å². The number of anilines is 1. The summed E-state index contributed by atoms with van der Waals surface area (Å²) < 4.78 is 0. The highest BCUT2D eigenvalue weighted by atomic mass is 35.5. The smallest absolute Gasteiger partial charge is 0.137 e. The standard InChI is InChI=1S/C14H21ClN4/c1-2-12-13(15)16-9-17-14(12)18-10-5-7-19-6-3-4-11(19)8-10/h9-11H,2-8H2,1H3,(H,16,17,18). The summed E-state index contributed by atoms with van der Waals surface area (Å²) in [7, 11) is 0. The van der Waals surface area contributed by atoms with Gasteiger partial charge in [0.05, 0.1) is 0 Å². The van der Waals surface area contributed by atoms with Crippen molar-refractivity contribution in [2.75, 3.05) is 18.4 Å². The fraction of sp³-hybridized carbons (Fsp3) is 0.714. The normalized spacial score (nSPS) is 27.3. The molecule has 1 aromatic rings. The highest BCUT2D eigenvalue weighted by molar-refractivity contribution is 6.30. The Hall–Kier alpha value is -0.870. The number of nitrogens with zero attached hydrogens (tertiary/aromatic N) is 3. The summed E-state index contributed by atoms with van der Waals surface area (Å²) in [5, 5.41) is 4.17. The molecule has 0 aliphatic carbocycles. The number of halogens is 1. The van der Waals surface area contributed by atoms with Gasteiger partial charge in [0.15, 0.2) is 0 Å². The second-order valence-corrected chi connectivity index (χ2v) is 5.90. The van der Waals surface area contributed by atoms with Crippen molar-refractivity contribution in [2.24, 2.45) is 0 Å². The summed E-state index contributed by atoms with van der Waals surface area (Å²) in [6, 6.07) is 1.30. The molecule has 0 spiro atoms. The molecule has 5 heteroatoms. The van der Waals surface area contributed by atoms with E-state index in [-0.39, 0.29) is 0 Å². The van der Waals surface area contributed by atoms with E-state index in [1.807, 2.05) is 0 Å². The summed E-state index contributed by atoms with van der Waals surface area (Å²) in [6.45, 7) is 4.59. The van der Waals surface area contributed by atoms with E-state index < -0.39 is 0 Å². The van der Waals surface area contributed by atoms with Crippen LogP contribution in [0.15, 0.2) is 6.33 Å². The van der Waals surface area contributed by atoms with Gasteiger partial charge in [0.25, 0.3) is 0 Å². The molecule has 0 bridgehead atoms. The third-order valence-electron chi connectivity index (χ3n) is 4.41. The third-order valence-corrected chi connectivity index (χ3v) is 4.73. The fourth-order valence-corrected chi connectivity index (χ4v) is 3.64. The summed E-state index contributed by atoms with van der Waals surface area (Å²) in [5.41, 5.74) is 1.04. The minimum Gasteiger partial charge on any atom is -0.367 e. The molecule has 2 saturated heterocycles. The number of nitrogens with one attached hydrogen (secondary N) is 1. The molecule has 0 radical (unpaired) electrons. The van der Waals surface area contributed by atoms with Crippen LogP contribution >= 0.6 is 11.6 Å². The van der Waals surface area contributed by atoms with Gasteiger partial charge in [-0.1, -0.05) is 18.5 Å². The number of hydrogen-bond donors (Lipinski definition) is 1. The quantitative estimate of drug-likeness (QED) is 0.865. The molecule has 2 aliphatic heterocycles. The van der Waals surface area contributed by atoms with Gasteiger partial charge >= 0.3 is 0 Å². The Balaban J connectivity index is 1.70. The van der Waals surface area contributed by atoms with Crippen LogP contribution in [0.3, 0.4) is 0 Å². The molecule has 1 aromatic heterocycles. The van der Waals surface area contributed by atoms with Crippen LogP contribution in [0.1, 0.15) is 38.2 Å². The van der Waals surface area contributed by atoms with Gasteiger partial charge in [-0.2, -0.15) is 0 Å². The molecule has 0 aromatic carbocycles. The van der Waals surface area contributed by atoms with Crippen molar-refractivity contribution in [1.29, 1.82) is 0 Å². The van der Waals surface area contributed by atoms with Crippen LogP contribution in [-0.4, -0.2) is 40.0 Å². The highest BCUT2D eigenvalue weighted by Gasteiger charge is 2.31. The van der Waals surface area contributed by atoms with Gasteiger partial charge in [0.1, 0.15) is 17.3 Å².